The summed E-state index contributed by atoms with van der Waals surface area (Å²) >= 11 is 7.43. The lowest BCUT2D eigenvalue weighted by Gasteiger charge is -2.00. The summed E-state index contributed by atoms with van der Waals surface area (Å²) in [5.74, 6) is -0.0516. The number of benzene rings is 1. The predicted octanol–water partition coefficient (Wildman–Crippen LogP) is 2.94. The van der Waals surface area contributed by atoms with Crippen LogP contribution in [0.2, 0.25) is 5.02 Å². The van der Waals surface area contributed by atoms with E-state index < -0.39 is 0 Å². The van der Waals surface area contributed by atoms with Crippen molar-refractivity contribution in [1.82, 2.24) is 14.8 Å². The fourth-order valence-corrected chi connectivity index (χ4v) is 3.07. The predicted molar refractivity (Wildman–Crippen MR) is 82.3 cm³/mol. The van der Waals surface area contributed by atoms with Gasteiger partial charge in [0.2, 0.25) is 5.88 Å². The van der Waals surface area contributed by atoms with Crippen LogP contribution in [0.1, 0.15) is 10.4 Å². The largest absolute Gasteiger partial charge is 0.479 e. The molecule has 2 aromatic heterocycles. The molecule has 3 rings (SSSR count). The fraction of sp³-hybridized carbons (Fsp3) is 0.154. The first kappa shape index (κ1) is 13.8. The zero-order chi connectivity index (χ0) is 15.0. The van der Waals surface area contributed by atoms with E-state index in [1.54, 1.807) is 19.3 Å². The van der Waals surface area contributed by atoms with Crippen molar-refractivity contribution in [2.24, 2.45) is 7.05 Å². The maximum atomic E-state index is 12.3. The number of carbonyl (C=O) groups excluding carboxylic acids is 1. The van der Waals surface area contributed by atoms with Gasteiger partial charge in [-0.25, -0.2) is 4.98 Å². The minimum Gasteiger partial charge on any atom is -0.479 e. The second kappa shape index (κ2) is 5.34. The average Bonchev–Trinajstić information content (AvgIpc) is 3.02. The minimum atomic E-state index is -0.324. The minimum absolute atomic E-state index is 0.272. The maximum Gasteiger partial charge on any atom is 0.264 e. The maximum absolute atomic E-state index is 12.3. The van der Waals surface area contributed by atoms with Gasteiger partial charge in [-0.15, -0.1) is 5.10 Å². The molecule has 21 heavy (non-hydrogen) atoms. The number of anilines is 1. The van der Waals surface area contributed by atoms with Gasteiger partial charge in [0, 0.05) is 13.2 Å². The number of nitrogens with zero attached hydrogens (tertiary/aromatic N) is 3. The summed E-state index contributed by atoms with van der Waals surface area (Å²) in [6.07, 6.45) is 1.59. The topological polar surface area (TPSA) is 69.0 Å². The highest BCUT2D eigenvalue weighted by atomic mass is 35.5. The Labute approximate surface area is 129 Å². The summed E-state index contributed by atoms with van der Waals surface area (Å²) in [6.45, 7) is 0. The first-order chi connectivity index (χ1) is 10.1. The van der Waals surface area contributed by atoms with Gasteiger partial charge in [0.05, 0.1) is 16.8 Å². The molecule has 0 spiro atoms. The van der Waals surface area contributed by atoms with E-state index in [0.717, 1.165) is 4.70 Å². The molecule has 0 saturated carbocycles. The summed E-state index contributed by atoms with van der Waals surface area (Å²) in [7, 11) is 3.19. The van der Waals surface area contributed by atoms with Crippen molar-refractivity contribution in [2.45, 2.75) is 0 Å². The van der Waals surface area contributed by atoms with Gasteiger partial charge < -0.3 is 4.74 Å². The fourth-order valence-electron chi connectivity index (χ4n) is 1.91. The molecule has 2 heterocycles. The Morgan fingerprint density at radius 2 is 2.29 bits per heavy atom. The number of halogens is 1. The third-order valence-corrected chi connectivity index (χ3v) is 4.06. The molecule has 0 aliphatic carbocycles. The molecule has 0 aliphatic rings. The van der Waals surface area contributed by atoms with Gasteiger partial charge in [-0.2, -0.15) is 0 Å². The Morgan fingerprint density at radius 3 is 3.00 bits per heavy atom. The van der Waals surface area contributed by atoms with E-state index in [4.69, 9.17) is 16.3 Å². The molecular weight excluding hydrogens is 312 g/mol. The molecule has 0 bridgehead atoms. The van der Waals surface area contributed by atoms with Crippen LogP contribution in [-0.4, -0.2) is 27.8 Å². The van der Waals surface area contributed by atoms with Gasteiger partial charge in [-0.1, -0.05) is 29.0 Å². The molecule has 6 nitrogen and oxygen atoms in total. The van der Waals surface area contributed by atoms with Crippen LogP contribution < -0.4 is 10.1 Å². The van der Waals surface area contributed by atoms with Gasteiger partial charge >= 0.3 is 0 Å². The number of thiazole rings is 1. The number of hydrogen-bond acceptors (Lipinski definition) is 5. The second-order valence-electron chi connectivity index (χ2n) is 4.29. The van der Waals surface area contributed by atoms with Crippen LogP contribution in [-0.2, 0) is 7.05 Å². The van der Waals surface area contributed by atoms with Gasteiger partial charge in [0.1, 0.15) is 11.1 Å². The highest BCUT2D eigenvalue weighted by Crippen LogP contribution is 2.31. The number of hydrogen-bond donors (Lipinski definition) is 1. The molecule has 1 aromatic carbocycles. The lowest BCUT2D eigenvalue weighted by molar-refractivity contribution is 0.102. The van der Waals surface area contributed by atoms with E-state index in [1.165, 1.54) is 23.1 Å². The quantitative estimate of drug-likeness (QED) is 0.805. The van der Waals surface area contributed by atoms with Crippen LogP contribution in [0.4, 0.5) is 5.13 Å². The summed E-state index contributed by atoms with van der Waals surface area (Å²) in [5, 5.41) is 7.82. The number of carbonyl (C=O) groups is 1. The Hall–Kier alpha value is -2.12. The van der Waals surface area contributed by atoms with E-state index >= 15 is 0 Å². The number of para-hydroxylation sites is 1. The monoisotopic (exact) mass is 322 g/mol. The molecule has 3 aromatic rings. The van der Waals surface area contributed by atoms with Crippen LogP contribution in [0, 0.1) is 0 Å². The Bertz CT molecular complexity index is 827. The number of rotatable bonds is 3. The molecule has 1 N–H and O–H groups in total. The van der Waals surface area contributed by atoms with E-state index in [1.807, 2.05) is 12.1 Å². The van der Waals surface area contributed by atoms with Gasteiger partial charge in [-0.05, 0) is 12.1 Å². The molecule has 0 unspecified atom stereocenters. The van der Waals surface area contributed by atoms with E-state index in [9.17, 15) is 4.79 Å². The number of aromatic nitrogens is 3. The lowest BCUT2D eigenvalue weighted by atomic mass is 10.3. The third-order valence-electron chi connectivity index (χ3n) is 2.82. The summed E-state index contributed by atoms with van der Waals surface area (Å²) in [6, 6.07) is 5.51. The van der Waals surface area contributed by atoms with Crippen LogP contribution in [0.25, 0.3) is 10.2 Å². The average molecular weight is 323 g/mol. The van der Waals surface area contributed by atoms with Crippen molar-refractivity contribution in [3.63, 3.8) is 0 Å². The van der Waals surface area contributed by atoms with Crippen LogP contribution in [0.5, 0.6) is 5.88 Å². The number of amides is 1. The Morgan fingerprint density at radius 1 is 1.48 bits per heavy atom. The van der Waals surface area contributed by atoms with Gasteiger partial charge in [-0.3, -0.25) is 14.8 Å². The SMILES string of the molecule is COc1nn(C)cc1C(=O)Nc1nc2c(Cl)cccc2s1. The number of methoxy groups -OCH3 is 1. The standard InChI is InChI=1S/C13H11ClN4O2S/c1-18-6-7(12(17-18)20-2)11(19)16-13-15-10-8(14)4-3-5-9(10)21-13/h3-6H,1-2H3,(H,15,16,19). The zero-order valence-corrected chi connectivity index (χ0v) is 12.8. The molecule has 1 amide bonds. The molecule has 0 atom stereocenters. The van der Waals surface area contributed by atoms with Gasteiger partial charge in [0.25, 0.3) is 5.91 Å². The van der Waals surface area contributed by atoms with Crippen molar-refractivity contribution in [1.29, 1.82) is 0 Å². The van der Waals surface area contributed by atoms with E-state index in [-0.39, 0.29) is 11.8 Å². The number of fused-ring (bicyclic) bond motifs is 1. The molecule has 0 saturated heterocycles. The first-order valence-electron chi connectivity index (χ1n) is 6.02. The molecular formula is C13H11ClN4O2S. The lowest BCUT2D eigenvalue weighted by Crippen LogP contribution is -2.12. The van der Waals surface area contributed by atoms with Crippen molar-refractivity contribution in [2.75, 3.05) is 12.4 Å². The zero-order valence-electron chi connectivity index (χ0n) is 11.3. The molecule has 0 aliphatic heterocycles. The normalized spacial score (nSPS) is 10.8. The molecule has 108 valence electrons. The van der Waals surface area contributed by atoms with Gasteiger partial charge in [0.15, 0.2) is 5.13 Å². The van der Waals surface area contributed by atoms with Crippen molar-refractivity contribution in [3.8, 4) is 5.88 Å². The third kappa shape index (κ3) is 2.57. The van der Waals surface area contributed by atoms with Crippen LogP contribution in [0.3, 0.4) is 0 Å². The molecule has 8 heteroatoms. The number of nitrogens with one attached hydrogen (secondary N) is 1. The summed E-state index contributed by atoms with van der Waals surface area (Å²) in [4.78, 5) is 16.6. The smallest absolute Gasteiger partial charge is 0.264 e. The first-order valence-corrected chi connectivity index (χ1v) is 7.22. The summed E-state index contributed by atoms with van der Waals surface area (Å²) < 4.78 is 7.50. The highest BCUT2D eigenvalue weighted by Gasteiger charge is 2.18. The van der Waals surface area contributed by atoms with Crippen LogP contribution in [0.15, 0.2) is 24.4 Å². The van der Waals surface area contributed by atoms with Crippen molar-refractivity contribution in [3.05, 3.63) is 35.0 Å². The van der Waals surface area contributed by atoms with E-state index in [0.29, 0.717) is 21.2 Å². The van der Waals surface area contributed by atoms with Crippen molar-refractivity contribution < 1.29 is 9.53 Å². The Balaban J connectivity index is 1.91. The highest BCUT2D eigenvalue weighted by molar-refractivity contribution is 7.22. The molecule has 0 fully saturated rings. The van der Waals surface area contributed by atoms with Crippen LogP contribution >= 0.6 is 22.9 Å². The number of aryl methyl sites for hydroxylation is 1. The molecule has 0 radical (unpaired) electrons. The second-order valence-corrected chi connectivity index (χ2v) is 5.72. The number of ether oxygens (including phenoxy) is 1. The Kier molecular flexibility index (Phi) is 3.52. The van der Waals surface area contributed by atoms with E-state index in [2.05, 4.69) is 15.4 Å². The summed E-state index contributed by atoms with van der Waals surface area (Å²) in [5.41, 5.74) is 1.03. The van der Waals surface area contributed by atoms with Crippen molar-refractivity contribution >= 4 is 44.2 Å².